The fourth-order valence-electron chi connectivity index (χ4n) is 1.76. The van der Waals surface area contributed by atoms with Gasteiger partial charge in [-0.3, -0.25) is 0 Å². The molecule has 1 saturated heterocycles. The lowest BCUT2D eigenvalue weighted by atomic mass is 10.2. The second-order valence-electron chi connectivity index (χ2n) is 5.15. The number of nitrogens with zero attached hydrogens (tertiary/aromatic N) is 1. The molecule has 0 unspecified atom stereocenters. The van der Waals surface area contributed by atoms with Crippen LogP contribution in [0.4, 0.5) is 8.78 Å². The third-order valence-corrected chi connectivity index (χ3v) is 2.27. The molecule has 0 aliphatic carbocycles. The summed E-state index contributed by atoms with van der Waals surface area (Å²) in [6, 6.07) is -0.213. The Morgan fingerprint density at radius 2 is 2.00 bits per heavy atom. The van der Waals surface area contributed by atoms with Crippen LogP contribution in [-0.2, 0) is 4.74 Å². The van der Waals surface area contributed by atoms with Crippen molar-refractivity contribution in [2.24, 2.45) is 0 Å². The van der Waals surface area contributed by atoms with Crippen LogP contribution in [0, 0.1) is 0 Å². The third kappa shape index (κ3) is 3.36. The van der Waals surface area contributed by atoms with Crippen molar-refractivity contribution in [2.75, 3.05) is 6.54 Å². The summed E-state index contributed by atoms with van der Waals surface area (Å²) in [6.07, 6.45) is -0.125. The molecule has 0 bridgehead atoms. The largest absolute Gasteiger partial charge is 0.474 e. The maximum absolute atomic E-state index is 13.1. The summed E-state index contributed by atoms with van der Waals surface area (Å²) >= 11 is 0. The molecule has 4 heteroatoms. The van der Waals surface area contributed by atoms with Crippen LogP contribution in [0.5, 0.6) is 0 Å². The number of halogens is 2. The van der Waals surface area contributed by atoms with Gasteiger partial charge in [0.2, 0.25) is 0 Å². The van der Waals surface area contributed by atoms with Gasteiger partial charge in [-0.25, -0.2) is 8.78 Å². The molecule has 0 aromatic carbocycles. The molecule has 1 fully saturated rings. The minimum atomic E-state index is -2.62. The SMILES string of the molecule is C=C(OC(C)(C)C)N1CC(F)(F)C[C@@H]1C. The molecule has 1 atom stereocenters. The Kier molecular flexibility index (Phi) is 2.99. The first-order valence-electron chi connectivity index (χ1n) is 5.13. The highest BCUT2D eigenvalue weighted by atomic mass is 19.3. The average molecular weight is 219 g/mol. The van der Waals surface area contributed by atoms with Gasteiger partial charge in [-0.1, -0.05) is 0 Å². The summed E-state index contributed by atoms with van der Waals surface area (Å²) in [6.45, 7) is 10.8. The number of hydrogen-bond donors (Lipinski definition) is 0. The van der Waals surface area contributed by atoms with Crippen LogP contribution in [0.1, 0.15) is 34.1 Å². The number of likely N-dealkylation sites (tertiary alicyclic amines) is 1. The van der Waals surface area contributed by atoms with Crippen molar-refractivity contribution in [3.63, 3.8) is 0 Å². The third-order valence-electron chi connectivity index (χ3n) is 2.27. The highest BCUT2D eigenvalue weighted by Gasteiger charge is 2.44. The Hall–Kier alpha value is -0.800. The first-order chi connectivity index (χ1) is 6.61. The van der Waals surface area contributed by atoms with Crippen LogP contribution in [0.3, 0.4) is 0 Å². The van der Waals surface area contributed by atoms with Crippen molar-refractivity contribution < 1.29 is 13.5 Å². The quantitative estimate of drug-likeness (QED) is 0.662. The van der Waals surface area contributed by atoms with Crippen LogP contribution < -0.4 is 0 Å². The lowest BCUT2D eigenvalue weighted by molar-refractivity contribution is -0.0187. The molecule has 0 aromatic heterocycles. The van der Waals surface area contributed by atoms with Gasteiger partial charge in [0.25, 0.3) is 5.92 Å². The fraction of sp³-hybridized carbons (Fsp3) is 0.818. The summed E-state index contributed by atoms with van der Waals surface area (Å²) in [7, 11) is 0. The summed E-state index contributed by atoms with van der Waals surface area (Å²) in [4.78, 5) is 1.53. The summed E-state index contributed by atoms with van der Waals surface area (Å²) < 4.78 is 31.7. The van der Waals surface area contributed by atoms with Gasteiger partial charge in [0, 0.05) is 12.5 Å². The number of alkyl halides is 2. The highest BCUT2D eigenvalue weighted by molar-refractivity contribution is 4.98. The standard InChI is InChI=1S/C11H19F2NO/c1-8-6-11(12,13)7-14(8)9(2)15-10(3,4)5/h8H,2,6-7H2,1,3-5H3/t8-/m0/s1. The molecule has 88 valence electrons. The van der Waals surface area contributed by atoms with Gasteiger partial charge in [0.1, 0.15) is 5.60 Å². The van der Waals surface area contributed by atoms with E-state index in [0.717, 1.165) is 0 Å². The molecule has 0 spiro atoms. The molecular formula is C11H19F2NO. The fourth-order valence-corrected chi connectivity index (χ4v) is 1.76. The summed E-state index contributed by atoms with van der Waals surface area (Å²) in [5.74, 6) is -2.28. The minimum absolute atomic E-state index is 0.125. The van der Waals surface area contributed by atoms with E-state index >= 15 is 0 Å². The van der Waals surface area contributed by atoms with Gasteiger partial charge in [-0.05, 0) is 34.3 Å². The van der Waals surface area contributed by atoms with Gasteiger partial charge < -0.3 is 9.64 Å². The predicted octanol–water partition coefficient (Wildman–Crippen LogP) is 3.00. The topological polar surface area (TPSA) is 12.5 Å². The Bertz CT molecular complexity index is 258. The van der Waals surface area contributed by atoms with Gasteiger partial charge in [-0.2, -0.15) is 0 Å². The molecule has 15 heavy (non-hydrogen) atoms. The number of ether oxygens (including phenoxy) is 1. The van der Waals surface area contributed by atoms with Gasteiger partial charge in [0.05, 0.1) is 6.54 Å². The van der Waals surface area contributed by atoms with E-state index in [1.165, 1.54) is 4.90 Å². The molecule has 1 aliphatic heterocycles. The smallest absolute Gasteiger partial charge is 0.267 e. The van der Waals surface area contributed by atoms with Crippen molar-refractivity contribution in [2.45, 2.75) is 51.7 Å². The first kappa shape index (κ1) is 12.3. The zero-order valence-electron chi connectivity index (χ0n) is 9.81. The molecule has 1 aliphatic rings. The lowest BCUT2D eigenvalue weighted by Gasteiger charge is -2.30. The molecule has 1 rings (SSSR count). The van der Waals surface area contributed by atoms with E-state index < -0.39 is 11.5 Å². The van der Waals surface area contributed by atoms with E-state index in [1.807, 2.05) is 20.8 Å². The van der Waals surface area contributed by atoms with E-state index in [2.05, 4.69) is 6.58 Å². The van der Waals surface area contributed by atoms with Crippen molar-refractivity contribution in [3.05, 3.63) is 12.5 Å². The van der Waals surface area contributed by atoms with Gasteiger partial charge in [-0.15, -0.1) is 0 Å². The van der Waals surface area contributed by atoms with Gasteiger partial charge in [0.15, 0.2) is 5.88 Å². The van der Waals surface area contributed by atoms with Crippen molar-refractivity contribution >= 4 is 0 Å². The molecule has 0 radical (unpaired) electrons. The summed E-state index contributed by atoms with van der Waals surface area (Å²) in [5.41, 5.74) is -0.394. The zero-order valence-corrected chi connectivity index (χ0v) is 9.81. The Balaban J connectivity index is 2.62. The van der Waals surface area contributed by atoms with E-state index in [9.17, 15) is 8.78 Å². The molecular weight excluding hydrogens is 200 g/mol. The molecule has 0 aromatic rings. The lowest BCUT2D eigenvalue weighted by Crippen LogP contribution is -2.33. The van der Waals surface area contributed by atoms with E-state index in [4.69, 9.17) is 4.74 Å². The monoisotopic (exact) mass is 219 g/mol. The van der Waals surface area contributed by atoms with E-state index in [0.29, 0.717) is 5.88 Å². The first-order valence-corrected chi connectivity index (χ1v) is 5.13. The second kappa shape index (κ2) is 3.65. The molecule has 0 N–H and O–H groups in total. The van der Waals surface area contributed by atoms with Crippen molar-refractivity contribution in [3.8, 4) is 0 Å². The molecule has 0 amide bonds. The number of hydrogen-bond acceptors (Lipinski definition) is 2. The predicted molar refractivity (Wildman–Crippen MR) is 55.7 cm³/mol. The normalized spacial score (nSPS) is 25.5. The van der Waals surface area contributed by atoms with Crippen LogP contribution in [0.2, 0.25) is 0 Å². The summed E-state index contributed by atoms with van der Waals surface area (Å²) in [5, 5.41) is 0. The average Bonchev–Trinajstić information content (AvgIpc) is 2.20. The van der Waals surface area contributed by atoms with Crippen molar-refractivity contribution in [1.29, 1.82) is 0 Å². The van der Waals surface area contributed by atoms with Crippen LogP contribution in [0.25, 0.3) is 0 Å². The Labute approximate surface area is 89.9 Å². The van der Waals surface area contributed by atoms with E-state index in [1.54, 1.807) is 6.92 Å². The maximum Gasteiger partial charge on any atom is 0.267 e. The molecule has 1 heterocycles. The Morgan fingerprint density at radius 3 is 2.33 bits per heavy atom. The second-order valence-corrected chi connectivity index (χ2v) is 5.15. The maximum atomic E-state index is 13.1. The zero-order chi connectivity index (χ0) is 11.9. The molecule has 2 nitrogen and oxygen atoms in total. The Morgan fingerprint density at radius 1 is 1.47 bits per heavy atom. The minimum Gasteiger partial charge on any atom is -0.474 e. The van der Waals surface area contributed by atoms with Crippen molar-refractivity contribution in [1.82, 2.24) is 4.90 Å². The van der Waals surface area contributed by atoms with Gasteiger partial charge >= 0.3 is 0 Å². The highest BCUT2D eigenvalue weighted by Crippen LogP contribution is 2.34. The number of rotatable bonds is 2. The van der Waals surface area contributed by atoms with Crippen LogP contribution >= 0.6 is 0 Å². The van der Waals surface area contributed by atoms with Crippen LogP contribution in [-0.4, -0.2) is 29.0 Å². The van der Waals surface area contributed by atoms with E-state index in [-0.39, 0.29) is 19.0 Å². The van der Waals surface area contributed by atoms with Crippen LogP contribution in [0.15, 0.2) is 12.5 Å². The molecule has 0 saturated carbocycles.